The predicted octanol–water partition coefficient (Wildman–Crippen LogP) is 1.94. The second-order valence-electron chi connectivity index (χ2n) is 5.60. The molecule has 10 heteroatoms. The van der Waals surface area contributed by atoms with E-state index in [-0.39, 0.29) is 26.6 Å². The average molecular weight is 390 g/mol. The number of benzene rings is 2. The first-order valence-electron chi connectivity index (χ1n) is 7.40. The summed E-state index contributed by atoms with van der Waals surface area (Å²) in [4.78, 5) is 13.0. The third kappa shape index (κ3) is 3.70. The number of fused-ring (bicyclic) bond motifs is 1. The lowest BCUT2D eigenvalue weighted by Gasteiger charge is -2.07. The van der Waals surface area contributed by atoms with Crippen LogP contribution in [0.2, 0.25) is 0 Å². The van der Waals surface area contributed by atoms with Crippen LogP contribution in [-0.2, 0) is 9.73 Å². The maximum Gasteiger partial charge on any atom is 0.257 e. The molecule has 0 saturated carbocycles. The van der Waals surface area contributed by atoms with Crippen LogP contribution in [0, 0.1) is 12.1 Å². The Morgan fingerprint density at radius 2 is 2.00 bits per heavy atom. The molecule has 0 aliphatic rings. The first-order valence-corrected chi connectivity index (χ1v) is 9.73. The largest absolute Gasteiger partial charge is 0.359 e. The third-order valence-electron chi connectivity index (χ3n) is 3.58. The summed E-state index contributed by atoms with van der Waals surface area (Å²) >= 11 is 5.04. The zero-order valence-corrected chi connectivity index (χ0v) is 15.5. The van der Waals surface area contributed by atoms with E-state index in [2.05, 4.69) is 19.5 Å². The maximum atomic E-state index is 12.7. The third-order valence-corrected chi connectivity index (χ3v) is 5.57. The Morgan fingerprint density at radius 3 is 2.69 bits per heavy atom. The zero-order valence-electron chi connectivity index (χ0n) is 13.8. The molecule has 26 heavy (non-hydrogen) atoms. The van der Waals surface area contributed by atoms with Crippen LogP contribution in [0.15, 0.2) is 56.4 Å². The number of carbonyl (C=O) groups excluding carboxylic acids is 1. The topological polar surface area (TPSA) is 112 Å². The molecule has 1 unspecified atom stereocenters. The quantitative estimate of drug-likeness (QED) is 0.529. The summed E-state index contributed by atoms with van der Waals surface area (Å²) in [5.74, 6) is -0.555. The number of hydrogen-bond acceptors (Lipinski definition) is 6. The molecule has 2 aromatic carbocycles. The molecule has 1 N–H and O–H groups in total. The van der Waals surface area contributed by atoms with E-state index in [4.69, 9.17) is 12.2 Å². The predicted molar refractivity (Wildman–Crippen MR) is 99.0 cm³/mol. The fraction of sp³-hybridized carbons (Fsp3) is 0.125. The molecule has 0 spiro atoms. The first-order chi connectivity index (χ1) is 12.3. The van der Waals surface area contributed by atoms with Gasteiger partial charge >= 0.3 is 0 Å². The lowest BCUT2D eigenvalue weighted by molar-refractivity contribution is -0.782. The van der Waals surface area contributed by atoms with Crippen LogP contribution < -0.4 is 10.2 Å². The SMILES string of the molecule is Cc1ccc(S(C)(=O)=NC(=S)NC(=O)c2ccc3c(c2)no[n+]3[O-])cc1. The summed E-state index contributed by atoms with van der Waals surface area (Å²) in [6.07, 6.45) is 1.45. The van der Waals surface area contributed by atoms with E-state index in [1.54, 1.807) is 12.1 Å². The highest BCUT2D eigenvalue weighted by molar-refractivity contribution is 7.94. The van der Waals surface area contributed by atoms with E-state index in [9.17, 15) is 14.2 Å². The van der Waals surface area contributed by atoms with E-state index >= 15 is 0 Å². The minimum atomic E-state index is -2.79. The molecule has 0 saturated heterocycles. The lowest BCUT2D eigenvalue weighted by atomic mass is 10.2. The van der Waals surface area contributed by atoms with E-state index in [1.165, 1.54) is 24.5 Å². The van der Waals surface area contributed by atoms with Crippen molar-refractivity contribution >= 4 is 44.0 Å². The van der Waals surface area contributed by atoms with Gasteiger partial charge in [0.15, 0.2) is 0 Å². The van der Waals surface area contributed by atoms with Gasteiger partial charge in [0.25, 0.3) is 5.91 Å². The van der Waals surface area contributed by atoms with Gasteiger partial charge in [0.05, 0.1) is 9.73 Å². The van der Waals surface area contributed by atoms with Crippen molar-refractivity contribution in [3.8, 4) is 0 Å². The molecule has 0 bridgehead atoms. The normalized spacial score (nSPS) is 13.2. The Bertz CT molecular complexity index is 1130. The van der Waals surface area contributed by atoms with Gasteiger partial charge in [0, 0.05) is 27.9 Å². The summed E-state index contributed by atoms with van der Waals surface area (Å²) in [6, 6.07) is 11.3. The maximum absolute atomic E-state index is 12.7. The van der Waals surface area contributed by atoms with Crippen LogP contribution >= 0.6 is 12.2 Å². The summed E-state index contributed by atoms with van der Waals surface area (Å²) in [5.41, 5.74) is 1.67. The van der Waals surface area contributed by atoms with Crippen LogP contribution in [0.5, 0.6) is 0 Å². The molecule has 3 aromatic rings. The molecule has 134 valence electrons. The molecule has 0 aliphatic carbocycles. The fourth-order valence-electron chi connectivity index (χ4n) is 2.21. The molecule has 0 radical (unpaired) electrons. The van der Waals surface area contributed by atoms with Gasteiger partial charge in [-0.1, -0.05) is 17.7 Å². The number of aromatic nitrogens is 2. The Balaban J connectivity index is 1.80. The molecular formula is C16H14N4O4S2. The molecule has 8 nitrogen and oxygen atoms in total. The Morgan fingerprint density at radius 1 is 1.31 bits per heavy atom. The standard InChI is InChI=1S/C16H14N4O4S2/c1-10-3-6-12(7-4-10)26(2,23)19-16(25)17-15(21)11-5-8-14-13(9-11)18-24-20(14)22/h3-9H,1-2H3,(H,17,21,25). The highest BCUT2D eigenvalue weighted by Crippen LogP contribution is 2.13. The highest BCUT2D eigenvalue weighted by Gasteiger charge is 2.15. The summed E-state index contributed by atoms with van der Waals surface area (Å²) in [7, 11) is -2.79. The Kier molecular flexibility index (Phi) is 4.70. The van der Waals surface area contributed by atoms with Gasteiger partial charge in [-0.3, -0.25) is 14.7 Å². The van der Waals surface area contributed by atoms with Crippen LogP contribution in [0.25, 0.3) is 11.0 Å². The minimum Gasteiger partial charge on any atom is -0.359 e. The van der Waals surface area contributed by atoms with Gasteiger partial charge in [-0.25, -0.2) is 4.21 Å². The average Bonchev–Trinajstić information content (AvgIpc) is 2.95. The minimum absolute atomic E-state index is 0.192. The molecule has 1 aromatic heterocycles. The van der Waals surface area contributed by atoms with E-state index in [1.807, 2.05) is 19.1 Å². The second kappa shape index (κ2) is 6.81. The zero-order chi connectivity index (χ0) is 18.9. The number of thiocarbonyl (C=S) groups is 1. The lowest BCUT2D eigenvalue weighted by Crippen LogP contribution is -2.28. The molecule has 1 atom stereocenters. The number of carbonyl (C=O) groups is 1. The Labute approximate surface area is 154 Å². The Hall–Kier alpha value is -2.85. The van der Waals surface area contributed by atoms with Crippen molar-refractivity contribution in [3.63, 3.8) is 0 Å². The summed E-state index contributed by atoms with van der Waals surface area (Å²) in [5, 5.41) is 17.0. The van der Waals surface area contributed by atoms with Gasteiger partial charge in [-0.15, -0.1) is 0 Å². The van der Waals surface area contributed by atoms with Crippen LogP contribution in [0.4, 0.5) is 0 Å². The van der Waals surface area contributed by atoms with E-state index in [0.717, 1.165) is 5.56 Å². The second-order valence-corrected chi connectivity index (χ2v) is 8.25. The van der Waals surface area contributed by atoms with Crippen molar-refractivity contribution in [1.82, 2.24) is 10.5 Å². The summed E-state index contributed by atoms with van der Waals surface area (Å²) < 4.78 is 21.2. The van der Waals surface area contributed by atoms with Gasteiger partial charge in [0.2, 0.25) is 16.1 Å². The number of aryl methyl sites for hydroxylation is 1. The van der Waals surface area contributed by atoms with Crippen molar-refractivity contribution < 1.29 is 18.5 Å². The number of amides is 1. The van der Waals surface area contributed by atoms with Crippen LogP contribution in [-0.4, -0.2) is 26.6 Å². The van der Waals surface area contributed by atoms with Gasteiger partial charge in [0.1, 0.15) is 0 Å². The fourth-order valence-corrected chi connectivity index (χ4v) is 3.84. The van der Waals surface area contributed by atoms with Crippen molar-refractivity contribution in [3.05, 3.63) is 58.8 Å². The molecule has 0 aliphatic heterocycles. The summed E-state index contributed by atoms with van der Waals surface area (Å²) in [6.45, 7) is 1.92. The molecule has 3 rings (SSSR count). The van der Waals surface area contributed by atoms with Gasteiger partial charge in [-0.05, 0) is 48.3 Å². The van der Waals surface area contributed by atoms with Crippen molar-refractivity contribution in [2.45, 2.75) is 11.8 Å². The van der Waals surface area contributed by atoms with E-state index in [0.29, 0.717) is 4.90 Å². The molecule has 1 heterocycles. The van der Waals surface area contributed by atoms with Crippen molar-refractivity contribution in [1.29, 1.82) is 0 Å². The smallest absolute Gasteiger partial charge is 0.257 e. The molecule has 0 fully saturated rings. The molecule has 1 amide bonds. The van der Waals surface area contributed by atoms with Crippen molar-refractivity contribution in [2.24, 2.45) is 4.36 Å². The highest BCUT2D eigenvalue weighted by atomic mass is 32.2. The number of rotatable bonds is 2. The molecular weight excluding hydrogens is 376 g/mol. The number of hydrogen-bond donors (Lipinski definition) is 1. The van der Waals surface area contributed by atoms with Gasteiger partial charge in [-0.2, -0.15) is 4.36 Å². The number of nitrogens with zero attached hydrogens (tertiary/aromatic N) is 3. The number of nitrogens with one attached hydrogen (secondary N) is 1. The monoisotopic (exact) mass is 390 g/mol. The van der Waals surface area contributed by atoms with E-state index < -0.39 is 15.6 Å². The van der Waals surface area contributed by atoms with Crippen LogP contribution in [0.1, 0.15) is 15.9 Å². The van der Waals surface area contributed by atoms with Gasteiger partial charge < -0.3 is 5.21 Å². The first kappa shape index (κ1) is 18.0. The van der Waals surface area contributed by atoms with Crippen LogP contribution in [0.3, 0.4) is 0 Å². The van der Waals surface area contributed by atoms with Crippen molar-refractivity contribution in [2.75, 3.05) is 6.26 Å².